The molecule has 0 aliphatic rings. The van der Waals surface area contributed by atoms with E-state index >= 15 is 0 Å². The Morgan fingerprint density at radius 3 is 2.81 bits per heavy atom. The average molecular weight is 293 g/mol. The lowest BCUT2D eigenvalue weighted by atomic mass is 10.1. The molecule has 0 unspecified atom stereocenters. The monoisotopic (exact) mass is 293 g/mol. The number of aryl methyl sites for hydroxylation is 1. The fourth-order valence-corrected chi connectivity index (χ4v) is 2.93. The van der Waals surface area contributed by atoms with Crippen LogP contribution in [0.5, 0.6) is 0 Å². The summed E-state index contributed by atoms with van der Waals surface area (Å²) in [5.74, 6) is 0. The van der Waals surface area contributed by atoms with Crippen LogP contribution in [-0.2, 0) is 6.42 Å². The quantitative estimate of drug-likeness (QED) is 0.722. The predicted molar refractivity (Wildman–Crippen MR) is 87.2 cm³/mol. The number of benzene rings is 2. The molecule has 3 rings (SSSR count). The highest BCUT2D eigenvalue weighted by Gasteiger charge is 2.10. The first-order chi connectivity index (χ1) is 10.2. The van der Waals surface area contributed by atoms with Crippen molar-refractivity contribution in [2.24, 2.45) is 0 Å². The highest BCUT2D eigenvalue weighted by atomic mass is 32.1. The van der Waals surface area contributed by atoms with Crippen molar-refractivity contribution in [1.29, 1.82) is 5.26 Å². The molecule has 0 aliphatic heterocycles. The largest absolute Gasteiger partial charge is 0.330 e. The van der Waals surface area contributed by atoms with Gasteiger partial charge in [-0.25, -0.2) is 0 Å². The van der Waals surface area contributed by atoms with Gasteiger partial charge in [-0.15, -0.1) is 0 Å². The minimum absolute atomic E-state index is 0.637. The van der Waals surface area contributed by atoms with Crippen LogP contribution in [-0.4, -0.2) is 9.55 Å². The van der Waals surface area contributed by atoms with Crippen molar-refractivity contribution in [1.82, 2.24) is 9.55 Å². The second-order valence-electron chi connectivity index (χ2n) is 4.99. The smallest absolute Gasteiger partial charge is 0.182 e. The molecule has 0 amide bonds. The molecular formula is C17H15N3S. The molecule has 0 atom stereocenters. The summed E-state index contributed by atoms with van der Waals surface area (Å²) in [5.41, 5.74) is 4.89. The third-order valence-corrected chi connectivity index (χ3v) is 3.85. The zero-order valence-electron chi connectivity index (χ0n) is 11.8. The van der Waals surface area contributed by atoms with E-state index in [0.29, 0.717) is 10.3 Å². The molecule has 0 aliphatic carbocycles. The lowest BCUT2D eigenvalue weighted by molar-refractivity contribution is 0.900. The van der Waals surface area contributed by atoms with Crippen molar-refractivity contribution in [3.8, 4) is 11.8 Å². The molecule has 21 heavy (non-hydrogen) atoms. The minimum atomic E-state index is 0.637. The van der Waals surface area contributed by atoms with E-state index in [1.807, 2.05) is 28.8 Å². The molecule has 1 heterocycles. The second-order valence-corrected chi connectivity index (χ2v) is 5.37. The van der Waals surface area contributed by atoms with E-state index in [1.165, 1.54) is 5.56 Å². The molecular weight excluding hydrogens is 278 g/mol. The molecule has 2 aromatic carbocycles. The summed E-state index contributed by atoms with van der Waals surface area (Å²) in [6.45, 7) is 2.17. The van der Waals surface area contributed by atoms with Crippen LogP contribution in [0.1, 0.15) is 24.5 Å². The maximum atomic E-state index is 9.11. The number of fused-ring (bicyclic) bond motifs is 1. The maximum absolute atomic E-state index is 9.11. The van der Waals surface area contributed by atoms with E-state index in [0.717, 1.165) is 29.6 Å². The van der Waals surface area contributed by atoms with Crippen molar-refractivity contribution in [2.75, 3.05) is 0 Å². The number of para-hydroxylation sites is 1. The van der Waals surface area contributed by atoms with Gasteiger partial charge in [-0.3, -0.25) is 4.57 Å². The third-order valence-electron chi connectivity index (χ3n) is 3.56. The summed E-state index contributed by atoms with van der Waals surface area (Å²) in [6.07, 6.45) is 2.08. The maximum Gasteiger partial charge on any atom is 0.182 e. The molecule has 0 radical (unpaired) electrons. The van der Waals surface area contributed by atoms with Gasteiger partial charge in [0.05, 0.1) is 28.4 Å². The Balaban J connectivity index is 2.32. The molecule has 4 heteroatoms. The SMILES string of the molecule is CCCc1ccccc1-n1c(=S)[nH]c2ccc(C#N)cc21. The lowest BCUT2D eigenvalue weighted by Gasteiger charge is -2.10. The first-order valence-electron chi connectivity index (χ1n) is 6.97. The van der Waals surface area contributed by atoms with Crippen molar-refractivity contribution in [2.45, 2.75) is 19.8 Å². The summed E-state index contributed by atoms with van der Waals surface area (Å²) in [6, 6.07) is 16.0. The van der Waals surface area contributed by atoms with Gasteiger partial charge in [0.2, 0.25) is 0 Å². The van der Waals surface area contributed by atoms with Crippen LogP contribution in [0.25, 0.3) is 16.7 Å². The Labute approximate surface area is 128 Å². The number of nitriles is 1. The molecule has 0 spiro atoms. The van der Waals surface area contributed by atoms with Crippen molar-refractivity contribution < 1.29 is 0 Å². The molecule has 3 aromatic rings. The number of H-pyrrole nitrogens is 1. The molecule has 0 saturated heterocycles. The topological polar surface area (TPSA) is 44.5 Å². The van der Waals surface area contributed by atoms with Gasteiger partial charge in [0, 0.05) is 0 Å². The van der Waals surface area contributed by atoms with E-state index in [9.17, 15) is 0 Å². The predicted octanol–water partition coefficient (Wildman–Crippen LogP) is 4.51. The van der Waals surface area contributed by atoms with Gasteiger partial charge in [-0.1, -0.05) is 31.5 Å². The van der Waals surface area contributed by atoms with Crippen molar-refractivity contribution >= 4 is 23.3 Å². The van der Waals surface area contributed by atoms with E-state index in [4.69, 9.17) is 17.5 Å². The number of imidazole rings is 1. The van der Waals surface area contributed by atoms with Crippen LogP contribution in [0.4, 0.5) is 0 Å². The van der Waals surface area contributed by atoms with Gasteiger partial charge >= 0.3 is 0 Å². The lowest BCUT2D eigenvalue weighted by Crippen LogP contribution is -1.99. The van der Waals surface area contributed by atoms with E-state index in [-0.39, 0.29) is 0 Å². The first kappa shape index (κ1) is 13.6. The first-order valence-corrected chi connectivity index (χ1v) is 7.38. The van der Waals surface area contributed by atoms with Gasteiger partial charge < -0.3 is 4.98 Å². The number of nitrogens with zero attached hydrogens (tertiary/aromatic N) is 2. The number of aromatic amines is 1. The number of rotatable bonds is 3. The number of hydrogen-bond donors (Lipinski definition) is 1. The molecule has 0 saturated carbocycles. The summed E-state index contributed by atoms with van der Waals surface area (Å²) < 4.78 is 2.68. The Morgan fingerprint density at radius 2 is 2.05 bits per heavy atom. The molecule has 0 fully saturated rings. The van der Waals surface area contributed by atoms with E-state index in [1.54, 1.807) is 6.07 Å². The number of aromatic nitrogens is 2. The zero-order chi connectivity index (χ0) is 14.8. The standard InChI is InChI=1S/C17H15N3S/c1-2-5-13-6-3-4-7-15(13)20-16-10-12(11-18)8-9-14(16)19-17(20)21/h3-4,6-10H,2,5H2,1H3,(H,19,21). The van der Waals surface area contributed by atoms with Crippen LogP contribution in [0.3, 0.4) is 0 Å². The second kappa shape index (κ2) is 5.55. The Morgan fingerprint density at radius 1 is 1.24 bits per heavy atom. The van der Waals surface area contributed by atoms with Crippen LogP contribution < -0.4 is 0 Å². The third kappa shape index (κ3) is 2.37. The number of hydrogen-bond acceptors (Lipinski definition) is 2. The normalized spacial score (nSPS) is 10.7. The minimum Gasteiger partial charge on any atom is -0.330 e. The van der Waals surface area contributed by atoms with Crippen LogP contribution in [0, 0.1) is 16.1 Å². The summed E-state index contributed by atoms with van der Waals surface area (Å²) in [4.78, 5) is 3.21. The highest BCUT2D eigenvalue weighted by Crippen LogP contribution is 2.24. The molecule has 1 aromatic heterocycles. The fraction of sp³-hybridized carbons (Fsp3) is 0.176. The van der Waals surface area contributed by atoms with Crippen LogP contribution in [0.2, 0.25) is 0 Å². The van der Waals surface area contributed by atoms with Crippen molar-refractivity contribution in [3.05, 3.63) is 58.4 Å². The van der Waals surface area contributed by atoms with Gasteiger partial charge in [-0.05, 0) is 48.5 Å². The Hall–Kier alpha value is -2.38. The molecule has 0 bridgehead atoms. The summed E-state index contributed by atoms with van der Waals surface area (Å²) in [7, 11) is 0. The molecule has 104 valence electrons. The molecule has 3 nitrogen and oxygen atoms in total. The molecule has 1 N–H and O–H groups in total. The summed E-state index contributed by atoms with van der Waals surface area (Å²) in [5, 5.41) is 9.11. The van der Waals surface area contributed by atoms with Crippen molar-refractivity contribution in [3.63, 3.8) is 0 Å². The Bertz CT molecular complexity index is 896. The Kier molecular flexibility index (Phi) is 3.59. The van der Waals surface area contributed by atoms with E-state index < -0.39 is 0 Å². The van der Waals surface area contributed by atoms with E-state index in [2.05, 4.69) is 30.1 Å². The van der Waals surface area contributed by atoms with Gasteiger partial charge in [-0.2, -0.15) is 5.26 Å². The highest BCUT2D eigenvalue weighted by molar-refractivity contribution is 7.71. The summed E-state index contributed by atoms with van der Waals surface area (Å²) >= 11 is 5.48. The van der Waals surface area contributed by atoms with Crippen LogP contribution >= 0.6 is 12.2 Å². The fourth-order valence-electron chi connectivity index (χ4n) is 2.62. The number of nitrogens with one attached hydrogen (secondary N) is 1. The van der Waals surface area contributed by atoms with Gasteiger partial charge in [0.25, 0.3) is 0 Å². The van der Waals surface area contributed by atoms with Crippen LogP contribution in [0.15, 0.2) is 42.5 Å². The van der Waals surface area contributed by atoms with Gasteiger partial charge in [0.1, 0.15) is 0 Å². The van der Waals surface area contributed by atoms with Gasteiger partial charge in [0.15, 0.2) is 4.77 Å². The zero-order valence-corrected chi connectivity index (χ0v) is 12.6. The average Bonchev–Trinajstić information content (AvgIpc) is 2.83.